The summed E-state index contributed by atoms with van der Waals surface area (Å²) in [5, 5.41) is 1.08. The Morgan fingerprint density at radius 1 is 1.22 bits per heavy atom. The number of likely N-dealkylation sites (tertiary alicyclic amines) is 1. The number of hydrogen-bond acceptors (Lipinski definition) is 5. The van der Waals surface area contributed by atoms with Crippen molar-refractivity contribution in [3.8, 4) is 0 Å². The number of morpholine rings is 1. The molecule has 27 heavy (non-hydrogen) atoms. The summed E-state index contributed by atoms with van der Waals surface area (Å²) in [7, 11) is 6.75. The first-order valence-electron chi connectivity index (χ1n) is 9.66. The van der Waals surface area contributed by atoms with Gasteiger partial charge in [0.25, 0.3) is 0 Å². The van der Waals surface area contributed by atoms with Crippen LogP contribution in [0.5, 0.6) is 0 Å². The normalized spacial score (nSPS) is 28.5. The van der Waals surface area contributed by atoms with Crippen LogP contribution in [0.4, 0.5) is 5.69 Å². The maximum atomic E-state index is 6.80. The van der Waals surface area contributed by atoms with Gasteiger partial charge in [-0.3, -0.25) is 9.38 Å². The summed E-state index contributed by atoms with van der Waals surface area (Å²) < 4.78 is 6.41. The quantitative estimate of drug-likeness (QED) is 0.457. The van der Waals surface area contributed by atoms with Crippen molar-refractivity contribution in [3.63, 3.8) is 0 Å². The van der Waals surface area contributed by atoms with Crippen LogP contribution in [-0.4, -0.2) is 84.9 Å². The van der Waals surface area contributed by atoms with Gasteiger partial charge in [0, 0.05) is 56.2 Å². The molecule has 0 bridgehead atoms. The smallest absolute Gasteiger partial charge is 0.163 e. The van der Waals surface area contributed by atoms with Gasteiger partial charge < -0.3 is 4.74 Å². The fourth-order valence-electron chi connectivity index (χ4n) is 4.71. The Balaban J connectivity index is 1.79. The molecule has 0 amide bonds. The minimum Gasteiger partial charge on any atom is -0.379 e. The molecule has 0 saturated carbocycles. The predicted octanol–water partition coefficient (Wildman–Crippen LogP) is 2.52. The third kappa shape index (κ3) is 3.23. The second-order valence-corrected chi connectivity index (χ2v) is 8.67. The summed E-state index contributed by atoms with van der Waals surface area (Å²) in [5.74, 6) is 0. The number of alkyl halides is 1. The zero-order chi connectivity index (χ0) is 19.1. The summed E-state index contributed by atoms with van der Waals surface area (Å²) in [6.45, 7) is 4.47. The van der Waals surface area contributed by atoms with E-state index in [0.717, 1.165) is 61.1 Å². The molecular formula is C20H29ClN5O+. The van der Waals surface area contributed by atoms with E-state index in [1.54, 1.807) is 6.33 Å². The van der Waals surface area contributed by atoms with Crippen LogP contribution >= 0.6 is 11.6 Å². The highest BCUT2D eigenvalue weighted by Gasteiger charge is 2.55. The van der Waals surface area contributed by atoms with Gasteiger partial charge in [-0.1, -0.05) is 0 Å². The number of benzene rings is 1. The van der Waals surface area contributed by atoms with Crippen LogP contribution < -0.4 is 4.48 Å². The molecule has 0 spiro atoms. The van der Waals surface area contributed by atoms with Crippen molar-refractivity contribution in [1.29, 1.82) is 0 Å². The summed E-state index contributed by atoms with van der Waals surface area (Å²) in [5.41, 5.74) is 2.21. The van der Waals surface area contributed by atoms with Crippen LogP contribution in [0, 0.1) is 0 Å². The van der Waals surface area contributed by atoms with Crippen molar-refractivity contribution in [3.05, 3.63) is 30.7 Å². The highest BCUT2D eigenvalue weighted by Crippen LogP contribution is 2.43. The van der Waals surface area contributed by atoms with E-state index in [0.29, 0.717) is 0 Å². The summed E-state index contributed by atoms with van der Waals surface area (Å²) >= 11 is 6.80. The van der Waals surface area contributed by atoms with Gasteiger partial charge in [0.2, 0.25) is 0 Å². The van der Waals surface area contributed by atoms with Gasteiger partial charge in [-0.05, 0) is 13.1 Å². The Labute approximate surface area is 166 Å². The molecule has 146 valence electrons. The number of halogens is 1. The fourth-order valence-corrected chi connectivity index (χ4v) is 5.06. The zero-order valence-corrected chi connectivity index (χ0v) is 17.2. The van der Waals surface area contributed by atoms with Crippen molar-refractivity contribution >= 4 is 28.2 Å². The Morgan fingerprint density at radius 2 is 2.00 bits per heavy atom. The molecule has 2 aromatic rings. The van der Waals surface area contributed by atoms with E-state index in [1.807, 2.05) is 6.20 Å². The molecule has 3 heterocycles. The van der Waals surface area contributed by atoms with Gasteiger partial charge >= 0.3 is 0 Å². The number of nitrogens with zero attached hydrogens (tertiary/aromatic N) is 5. The standard InChI is InChI=1S/C20H29ClN5O/c1-24-7-6-20(13-19(24)21,25-8-10-27-11-9-25)26(2,3)17-4-5-18-16(12-17)14-22-15-23-18/h4-5,12,14-15,19H,6-11,13H2,1-3H3/q+1. The molecule has 0 radical (unpaired) electrons. The molecular weight excluding hydrogens is 362 g/mol. The summed E-state index contributed by atoms with van der Waals surface area (Å²) in [4.78, 5) is 13.5. The first-order valence-corrected chi connectivity index (χ1v) is 10.1. The third-order valence-corrected chi connectivity index (χ3v) is 7.10. The average Bonchev–Trinajstić information content (AvgIpc) is 2.70. The third-order valence-electron chi connectivity index (χ3n) is 6.61. The second kappa shape index (κ2) is 7.26. The van der Waals surface area contributed by atoms with Crippen molar-refractivity contribution in [1.82, 2.24) is 24.3 Å². The highest BCUT2D eigenvalue weighted by atomic mass is 35.5. The van der Waals surface area contributed by atoms with Crippen molar-refractivity contribution in [2.24, 2.45) is 0 Å². The van der Waals surface area contributed by atoms with Gasteiger partial charge in [0.05, 0.1) is 38.3 Å². The van der Waals surface area contributed by atoms with E-state index in [-0.39, 0.29) is 11.2 Å². The maximum absolute atomic E-state index is 6.80. The van der Waals surface area contributed by atoms with E-state index in [2.05, 4.69) is 59.1 Å². The molecule has 7 heteroatoms. The number of hydrogen-bond donors (Lipinski definition) is 0. The first-order chi connectivity index (χ1) is 12.9. The number of ether oxygens (including phenoxy) is 1. The topological polar surface area (TPSA) is 41.5 Å². The first kappa shape index (κ1) is 19.0. The lowest BCUT2D eigenvalue weighted by atomic mass is 9.89. The van der Waals surface area contributed by atoms with Crippen molar-refractivity contribution in [2.45, 2.75) is 24.0 Å². The number of fused-ring (bicyclic) bond motifs is 1. The lowest BCUT2D eigenvalue weighted by Gasteiger charge is -2.58. The Morgan fingerprint density at radius 3 is 2.74 bits per heavy atom. The van der Waals surface area contributed by atoms with Crippen molar-refractivity contribution < 1.29 is 4.74 Å². The molecule has 2 unspecified atom stereocenters. The van der Waals surface area contributed by atoms with Gasteiger partial charge in [-0.25, -0.2) is 14.9 Å². The Kier molecular flexibility index (Phi) is 5.12. The zero-order valence-electron chi connectivity index (χ0n) is 16.4. The number of piperidine rings is 1. The van der Waals surface area contributed by atoms with Gasteiger partial charge in [-0.15, -0.1) is 11.6 Å². The summed E-state index contributed by atoms with van der Waals surface area (Å²) in [6.07, 6.45) is 5.49. The molecule has 2 saturated heterocycles. The molecule has 0 N–H and O–H groups in total. The van der Waals surface area contributed by atoms with Crippen LogP contribution in [0.1, 0.15) is 12.8 Å². The highest BCUT2D eigenvalue weighted by molar-refractivity contribution is 6.20. The summed E-state index contributed by atoms with van der Waals surface area (Å²) in [6, 6.07) is 6.55. The average molecular weight is 391 g/mol. The van der Waals surface area contributed by atoms with Crippen molar-refractivity contribution in [2.75, 3.05) is 54.0 Å². The minimum atomic E-state index is -0.0635. The molecule has 2 aliphatic heterocycles. The molecule has 4 rings (SSSR count). The van der Waals surface area contributed by atoms with Gasteiger partial charge in [0.1, 0.15) is 12.0 Å². The monoisotopic (exact) mass is 390 g/mol. The lowest BCUT2D eigenvalue weighted by molar-refractivity contribution is -0.110. The predicted molar refractivity (Wildman–Crippen MR) is 110 cm³/mol. The minimum absolute atomic E-state index is 0.0304. The molecule has 1 aromatic heterocycles. The Bertz CT molecular complexity index is 810. The Hall–Kier alpha value is -1.31. The van der Waals surface area contributed by atoms with E-state index in [4.69, 9.17) is 16.3 Å². The molecule has 2 aliphatic rings. The van der Waals surface area contributed by atoms with Crippen LogP contribution in [0.2, 0.25) is 0 Å². The molecule has 2 atom stereocenters. The number of aromatic nitrogens is 2. The van der Waals surface area contributed by atoms with E-state index in [9.17, 15) is 0 Å². The molecule has 2 fully saturated rings. The number of quaternary nitrogens is 1. The van der Waals surface area contributed by atoms with Gasteiger partial charge in [0.15, 0.2) is 5.66 Å². The van der Waals surface area contributed by atoms with Crippen LogP contribution in [0.15, 0.2) is 30.7 Å². The van der Waals surface area contributed by atoms with Gasteiger partial charge in [-0.2, -0.15) is 0 Å². The van der Waals surface area contributed by atoms with Crippen LogP contribution in [0.3, 0.4) is 0 Å². The second-order valence-electron chi connectivity index (χ2n) is 8.17. The van der Waals surface area contributed by atoms with E-state index >= 15 is 0 Å². The van der Waals surface area contributed by atoms with E-state index in [1.165, 1.54) is 5.69 Å². The largest absolute Gasteiger partial charge is 0.379 e. The molecule has 0 aliphatic carbocycles. The molecule has 6 nitrogen and oxygen atoms in total. The lowest BCUT2D eigenvalue weighted by Crippen LogP contribution is -2.74. The SMILES string of the molecule is CN1CCC(N2CCOCC2)([N+](C)(C)c2ccc3ncncc3c2)CC1Cl. The molecule has 1 aromatic carbocycles. The maximum Gasteiger partial charge on any atom is 0.163 e. The van der Waals surface area contributed by atoms with Crippen LogP contribution in [0.25, 0.3) is 10.9 Å². The fraction of sp³-hybridized carbons (Fsp3) is 0.600. The van der Waals surface area contributed by atoms with E-state index < -0.39 is 0 Å². The van der Waals surface area contributed by atoms with Crippen LogP contribution in [-0.2, 0) is 4.74 Å². The number of rotatable bonds is 3.